The second-order valence-electron chi connectivity index (χ2n) is 14.3. The third-order valence-corrected chi connectivity index (χ3v) is 9.84. The van der Waals surface area contributed by atoms with Gasteiger partial charge in [-0.1, -0.05) is 121 Å². The van der Waals surface area contributed by atoms with Crippen LogP contribution >= 0.6 is 0 Å². The smallest absolute Gasteiger partial charge is 0.0858 e. The highest BCUT2D eigenvalue weighted by Crippen LogP contribution is 2.29. The molecule has 0 spiro atoms. The molecule has 0 radical (unpaired) electrons. The molecule has 0 saturated heterocycles. The fourth-order valence-electron chi connectivity index (χ4n) is 6.67. The van der Waals surface area contributed by atoms with Crippen molar-refractivity contribution in [3.8, 4) is 0 Å². The lowest BCUT2D eigenvalue weighted by molar-refractivity contribution is 0.800. The molecule has 8 nitrogen and oxygen atoms in total. The van der Waals surface area contributed by atoms with Gasteiger partial charge < -0.3 is 9.80 Å². The molecule has 8 aromatic rings. The minimum absolute atomic E-state index is 0.716. The van der Waals surface area contributed by atoms with E-state index in [-0.39, 0.29) is 0 Å². The second kappa shape index (κ2) is 20.0. The molecule has 8 rings (SSSR count). The molecule has 0 fully saturated rings. The number of nitrogens with zero attached hydrogens (tertiary/aromatic N) is 8. The van der Waals surface area contributed by atoms with Crippen LogP contribution in [0.3, 0.4) is 0 Å². The normalized spacial score (nSPS) is 11.4. The average Bonchev–Trinajstić information content (AvgIpc) is 3.31. The van der Waals surface area contributed by atoms with Crippen LogP contribution < -0.4 is 9.80 Å². The Hall–Kier alpha value is -7.84. The maximum Gasteiger partial charge on any atom is 0.0858 e. The maximum absolute atomic E-state index is 4.48. The third-order valence-electron chi connectivity index (χ3n) is 9.84. The van der Waals surface area contributed by atoms with Gasteiger partial charge in [-0.3, -0.25) is 0 Å². The Morgan fingerprint density at radius 3 is 0.600 bits per heavy atom. The SMILES string of the molecule is c1ccc(CN(Cc2ccccc2)c2ccc(N=Nc3ccc(/N=N/c4ccc(N=Nc5ccc(N(Cc6ccccc6)Cc6ccccc6)cc5)cc4)cc3)cc2)cc1. The molecule has 292 valence electrons. The predicted molar refractivity (Wildman–Crippen MR) is 244 cm³/mol. The first-order valence-corrected chi connectivity index (χ1v) is 20.0. The molecule has 0 unspecified atom stereocenters. The van der Waals surface area contributed by atoms with E-state index in [1.54, 1.807) is 0 Å². The van der Waals surface area contributed by atoms with E-state index in [4.69, 9.17) is 0 Å². The molecule has 0 bridgehead atoms. The number of azo groups is 3. The largest absolute Gasteiger partial charge is 0.363 e. The Morgan fingerprint density at radius 1 is 0.217 bits per heavy atom. The zero-order chi connectivity index (χ0) is 40.6. The summed E-state index contributed by atoms with van der Waals surface area (Å²) >= 11 is 0. The fourth-order valence-corrected chi connectivity index (χ4v) is 6.67. The van der Waals surface area contributed by atoms with Gasteiger partial charge in [-0.05, 0) is 119 Å². The molecule has 0 N–H and O–H groups in total. The van der Waals surface area contributed by atoms with E-state index in [0.29, 0.717) is 11.4 Å². The minimum Gasteiger partial charge on any atom is -0.363 e. The molecule has 0 aromatic heterocycles. The Kier molecular flexibility index (Phi) is 13.0. The predicted octanol–water partition coefficient (Wildman–Crippen LogP) is 15.3. The zero-order valence-corrected chi connectivity index (χ0v) is 33.2. The summed E-state index contributed by atoms with van der Waals surface area (Å²) in [6, 6.07) is 73.6. The lowest BCUT2D eigenvalue weighted by atomic mass is 10.1. The van der Waals surface area contributed by atoms with Crippen LogP contribution in [0.4, 0.5) is 45.5 Å². The van der Waals surface area contributed by atoms with Crippen LogP contribution in [0.1, 0.15) is 22.3 Å². The van der Waals surface area contributed by atoms with E-state index in [0.717, 1.165) is 60.3 Å². The summed E-state index contributed by atoms with van der Waals surface area (Å²) in [5, 5.41) is 26.7. The minimum atomic E-state index is 0.716. The van der Waals surface area contributed by atoms with E-state index in [1.165, 1.54) is 22.3 Å². The molecule has 0 aliphatic heterocycles. The van der Waals surface area contributed by atoms with E-state index in [9.17, 15) is 0 Å². The maximum atomic E-state index is 4.48. The van der Waals surface area contributed by atoms with Crippen LogP contribution in [0.2, 0.25) is 0 Å². The second-order valence-corrected chi connectivity index (χ2v) is 14.3. The molecule has 0 saturated carbocycles. The first-order chi connectivity index (χ1) is 29.7. The van der Waals surface area contributed by atoms with Crippen molar-refractivity contribution in [3.63, 3.8) is 0 Å². The van der Waals surface area contributed by atoms with Crippen molar-refractivity contribution >= 4 is 45.5 Å². The average molecular weight is 781 g/mol. The van der Waals surface area contributed by atoms with Gasteiger partial charge in [0, 0.05) is 37.6 Å². The lowest BCUT2D eigenvalue weighted by Crippen LogP contribution is -2.21. The fraction of sp³-hybridized carbons (Fsp3) is 0.0769. The van der Waals surface area contributed by atoms with Crippen LogP contribution in [-0.4, -0.2) is 0 Å². The molecule has 0 aliphatic carbocycles. The van der Waals surface area contributed by atoms with Gasteiger partial charge >= 0.3 is 0 Å². The Balaban J connectivity index is 0.845. The van der Waals surface area contributed by atoms with E-state index >= 15 is 0 Å². The van der Waals surface area contributed by atoms with Crippen molar-refractivity contribution in [2.45, 2.75) is 26.2 Å². The lowest BCUT2D eigenvalue weighted by Gasteiger charge is -2.25. The van der Waals surface area contributed by atoms with Crippen LogP contribution in [0.25, 0.3) is 0 Å². The number of hydrogen-bond acceptors (Lipinski definition) is 8. The number of hydrogen-bond donors (Lipinski definition) is 0. The molecule has 60 heavy (non-hydrogen) atoms. The van der Waals surface area contributed by atoms with E-state index in [1.807, 2.05) is 97.1 Å². The van der Waals surface area contributed by atoms with Crippen molar-refractivity contribution in [2.75, 3.05) is 9.80 Å². The Labute approximate surface area is 351 Å². The van der Waals surface area contributed by atoms with Crippen molar-refractivity contribution < 1.29 is 0 Å². The highest BCUT2D eigenvalue weighted by molar-refractivity contribution is 5.56. The molecular weight excluding hydrogens is 737 g/mol. The molecule has 8 aromatic carbocycles. The van der Waals surface area contributed by atoms with Gasteiger partial charge in [0.1, 0.15) is 0 Å². The number of anilines is 2. The molecule has 8 heteroatoms. The zero-order valence-electron chi connectivity index (χ0n) is 33.2. The van der Waals surface area contributed by atoms with Crippen molar-refractivity contribution in [1.29, 1.82) is 0 Å². The quantitative estimate of drug-likeness (QED) is 0.0915. The highest BCUT2D eigenvalue weighted by atomic mass is 15.1. The molecule has 0 heterocycles. The first-order valence-electron chi connectivity index (χ1n) is 20.0. The van der Waals surface area contributed by atoms with Gasteiger partial charge in [-0.15, -0.1) is 0 Å². The van der Waals surface area contributed by atoms with Gasteiger partial charge in [0.2, 0.25) is 0 Å². The summed E-state index contributed by atoms with van der Waals surface area (Å²) in [4.78, 5) is 4.74. The van der Waals surface area contributed by atoms with Gasteiger partial charge in [-0.25, -0.2) is 0 Å². The van der Waals surface area contributed by atoms with E-state index < -0.39 is 0 Å². The molecular formula is C52H44N8. The molecule has 0 amide bonds. The topological polar surface area (TPSA) is 80.6 Å². The highest BCUT2D eigenvalue weighted by Gasteiger charge is 2.11. The summed E-state index contributed by atoms with van der Waals surface area (Å²) < 4.78 is 0. The summed E-state index contributed by atoms with van der Waals surface area (Å²) in [5.41, 5.74) is 11.7. The molecule has 0 aliphatic rings. The summed E-state index contributed by atoms with van der Waals surface area (Å²) in [5.74, 6) is 0. The van der Waals surface area contributed by atoms with Crippen molar-refractivity contribution in [3.05, 3.63) is 241 Å². The Bertz CT molecular complexity index is 2330. The van der Waals surface area contributed by atoms with Crippen LogP contribution in [-0.2, 0) is 26.2 Å². The Morgan fingerprint density at radius 2 is 0.400 bits per heavy atom. The van der Waals surface area contributed by atoms with Crippen LogP contribution in [0, 0.1) is 0 Å². The summed E-state index contributed by atoms with van der Waals surface area (Å²) in [7, 11) is 0. The summed E-state index contributed by atoms with van der Waals surface area (Å²) in [6.45, 7) is 3.22. The summed E-state index contributed by atoms with van der Waals surface area (Å²) in [6.07, 6.45) is 0. The van der Waals surface area contributed by atoms with Crippen LogP contribution in [0.5, 0.6) is 0 Å². The molecule has 0 atom stereocenters. The van der Waals surface area contributed by atoms with Crippen molar-refractivity contribution in [1.82, 2.24) is 0 Å². The van der Waals surface area contributed by atoms with Gasteiger partial charge in [0.15, 0.2) is 0 Å². The standard InChI is InChI=1S/C52H44N8/c1-5-13-41(14-6-1)37-59(38-42-15-7-2-8-16-42)51-33-29-49(30-34-51)57-55-47-25-21-45(22-26-47)53-54-46-23-27-48(28-24-46)56-58-50-31-35-52(36-32-50)60(39-43-17-9-3-10-18-43)40-44-19-11-4-12-20-44/h1-36H,37-40H2/b54-53+,57-55?,58-56?. The third kappa shape index (κ3) is 11.4. The van der Waals surface area contributed by atoms with Crippen LogP contribution in [0.15, 0.2) is 249 Å². The number of rotatable bonds is 16. The van der Waals surface area contributed by atoms with E-state index in [2.05, 4.69) is 162 Å². The van der Waals surface area contributed by atoms with Gasteiger partial charge in [0.25, 0.3) is 0 Å². The monoisotopic (exact) mass is 780 g/mol. The van der Waals surface area contributed by atoms with Gasteiger partial charge in [-0.2, -0.15) is 30.7 Å². The van der Waals surface area contributed by atoms with Gasteiger partial charge in [0.05, 0.1) is 34.1 Å². The number of benzene rings is 8. The first kappa shape index (κ1) is 39.0. The van der Waals surface area contributed by atoms with Crippen molar-refractivity contribution in [2.24, 2.45) is 30.7 Å².